The summed E-state index contributed by atoms with van der Waals surface area (Å²) in [4.78, 5) is 0. The minimum Gasteiger partial charge on any atom is -0.389 e. The molecule has 1 aliphatic carbocycles. The predicted octanol–water partition coefficient (Wildman–Crippen LogP) is 1.03. The highest BCUT2D eigenvalue weighted by molar-refractivity contribution is 7.90. The normalized spacial score (nSPS) is 34.3. The van der Waals surface area contributed by atoms with Gasteiger partial charge in [-0.15, -0.1) is 0 Å². The number of nitrogens with one attached hydrogen (secondary N) is 1. The molecule has 19 heavy (non-hydrogen) atoms. The van der Waals surface area contributed by atoms with Gasteiger partial charge in [0.2, 0.25) is 10.0 Å². The second-order valence-electron chi connectivity index (χ2n) is 6.08. The second kappa shape index (κ2) is 6.08. The van der Waals surface area contributed by atoms with Crippen molar-refractivity contribution in [2.24, 2.45) is 5.92 Å². The number of rotatable bonds is 4. The number of hydrogen-bond donors (Lipinski definition) is 2. The first-order valence-electron chi connectivity index (χ1n) is 7.20. The number of ether oxygens (including phenoxy) is 1. The molecule has 1 aliphatic heterocycles. The van der Waals surface area contributed by atoms with Crippen LogP contribution in [0.3, 0.4) is 0 Å². The van der Waals surface area contributed by atoms with Crippen molar-refractivity contribution in [3.63, 3.8) is 0 Å². The molecule has 1 saturated carbocycles. The van der Waals surface area contributed by atoms with Crippen molar-refractivity contribution < 1.29 is 18.3 Å². The molecular formula is C13H25NO4S. The lowest BCUT2D eigenvalue weighted by Crippen LogP contribution is -2.48. The van der Waals surface area contributed by atoms with Crippen molar-refractivity contribution in [1.29, 1.82) is 0 Å². The molecule has 0 aromatic rings. The van der Waals surface area contributed by atoms with Gasteiger partial charge in [0, 0.05) is 19.8 Å². The van der Waals surface area contributed by atoms with Crippen molar-refractivity contribution in [3.05, 3.63) is 0 Å². The first-order valence-corrected chi connectivity index (χ1v) is 8.74. The lowest BCUT2D eigenvalue weighted by atomic mass is 9.80. The first-order chi connectivity index (χ1) is 8.91. The highest BCUT2D eigenvalue weighted by Gasteiger charge is 2.35. The Bertz CT molecular complexity index is 381. The molecule has 5 nitrogen and oxygen atoms in total. The zero-order valence-corrected chi connectivity index (χ0v) is 12.4. The summed E-state index contributed by atoms with van der Waals surface area (Å²) in [5, 5.41) is 10.0. The van der Waals surface area contributed by atoms with Crippen molar-refractivity contribution in [3.8, 4) is 0 Å². The lowest BCUT2D eigenvalue weighted by Gasteiger charge is -2.35. The molecule has 0 aromatic carbocycles. The molecule has 0 aromatic heterocycles. The Morgan fingerprint density at radius 1 is 1.21 bits per heavy atom. The third-order valence-electron chi connectivity index (χ3n) is 4.41. The van der Waals surface area contributed by atoms with E-state index < -0.39 is 15.6 Å². The van der Waals surface area contributed by atoms with E-state index in [4.69, 9.17) is 4.74 Å². The quantitative estimate of drug-likeness (QED) is 0.811. The molecule has 0 atom stereocenters. The summed E-state index contributed by atoms with van der Waals surface area (Å²) in [7, 11) is -3.32. The maximum absolute atomic E-state index is 12.2. The molecule has 2 rings (SSSR count). The summed E-state index contributed by atoms with van der Waals surface area (Å²) >= 11 is 0. The van der Waals surface area contributed by atoms with Gasteiger partial charge in [-0.1, -0.05) is 6.92 Å². The maximum atomic E-state index is 12.2. The van der Waals surface area contributed by atoms with Gasteiger partial charge in [-0.2, -0.15) is 0 Å². The van der Waals surface area contributed by atoms with E-state index in [0.29, 0.717) is 44.8 Å². The Hall–Kier alpha value is -0.170. The summed E-state index contributed by atoms with van der Waals surface area (Å²) in [6.45, 7) is 3.34. The largest absolute Gasteiger partial charge is 0.389 e. The summed E-state index contributed by atoms with van der Waals surface area (Å²) in [6.07, 6.45) is 4.40. The van der Waals surface area contributed by atoms with Crippen LogP contribution in [0.5, 0.6) is 0 Å². The Morgan fingerprint density at radius 2 is 1.79 bits per heavy atom. The van der Waals surface area contributed by atoms with E-state index in [2.05, 4.69) is 11.6 Å². The smallest absolute Gasteiger partial charge is 0.214 e. The molecule has 0 bridgehead atoms. The molecule has 2 N–H and O–H groups in total. The van der Waals surface area contributed by atoms with Gasteiger partial charge in [-0.05, 0) is 44.4 Å². The number of sulfonamides is 1. The van der Waals surface area contributed by atoms with E-state index in [9.17, 15) is 13.5 Å². The SMILES string of the molecule is CC1CCC(O)(CNS(=O)(=O)C2CCOCC2)CC1. The predicted molar refractivity (Wildman–Crippen MR) is 73.3 cm³/mol. The molecule has 112 valence electrons. The molecule has 0 amide bonds. The Balaban J connectivity index is 1.86. The summed E-state index contributed by atoms with van der Waals surface area (Å²) in [5.74, 6) is 0.632. The van der Waals surface area contributed by atoms with Gasteiger partial charge >= 0.3 is 0 Å². The molecule has 1 saturated heterocycles. The Kier molecular flexibility index (Phi) is 4.87. The van der Waals surface area contributed by atoms with Crippen LogP contribution < -0.4 is 4.72 Å². The molecule has 0 unspecified atom stereocenters. The fraction of sp³-hybridized carbons (Fsp3) is 1.00. The van der Waals surface area contributed by atoms with Crippen LogP contribution in [0, 0.1) is 5.92 Å². The van der Waals surface area contributed by atoms with Crippen LogP contribution in [0.4, 0.5) is 0 Å². The molecule has 6 heteroatoms. The van der Waals surface area contributed by atoms with Crippen molar-refractivity contribution in [2.45, 2.75) is 56.3 Å². The summed E-state index contributed by atoms with van der Waals surface area (Å²) < 4.78 is 32.1. The Labute approximate surface area is 115 Å². The van der Waals surface area contributed by atoms with Crippen molar-refractivity contribution in [2.75, 3.05) is 19.8 Å². The van der Waals surface area contributed by atoms with Crippen LogP contribution in [0.1, 0.15) is 45.4 Å². The number of aliphatic hydroxyl groups is 1. The van der Waals surface area contributed by atoms with Crippen LogP contribution >= 0.6 is 0 Å². The molecule has 1 heterocycles. The zero-order valence-electron chi connectivity index (χ0n) is 11.6. The van der Waals surface area contributed by atoms with E-state index in [0.717, 1.165) is 12.8 Å². The minimum atomic E-state index is -3.32. The van der Waals surface area contributed by atoms with E-state index in [-0.39, 0.29) is 11.8 Å². The summed E-state index contributed by atoms with van der Waals surface area (Å²) in [5.41, 5.74) is -0.856. The lowest BCUT2D eigenvalue weighted by molar-refractivity contribution is -0.00195. The van der Waals surface area contributed by atoms with E-state index >= 15 is 0 Å². The zero-order chi connectivity index (χ0) is 13.9. The third kappa shape index (κ3) is 4.15. The van der Waals surface area contributed by atoms with Gasteiger partial charge in [-0.25, -0.2) is 13.1 Å². The van der Waals surface area contributed by atoms with Crippen molar-refractivity contribution in [1.82, 2.24) is 4.72 Å². The monoisotopic (exact) mass is 291 g/mol. The number of hydrogen-bond acceptors (Lipinski definition) is 4. The highest BCUT2D eigenvalue weighted by Crippen LogP contribution is 2.31. The van der Waals surface area contributed by atoms with Crippen LogP contribution in [-0.4, -0.2) is 44.1 Å². The van der Waals surface area contributed by atoms with Gasteiger partial charge in [-0.3, -0.25) is 0 Å². The first kappa shape index (κ1) is 15.2. The topological polar surface area (TPSA) is 75.6 Å². The van der Waals surface area contributed by atoms with E-state index in [1.807, 2.05) is 0 Å². The van der Waals surface area contributed by atoms with Gasteiger partial charge in [0.15, 0.2) is 0 Å². The van der Waals surface area contributed by atoms with Gasteiger partial charge in [0.1, 0.15) is 0 Å². The fourth-order valence-corrected chi connectivity index (χ4v) is 4.33. The standard InChI is InChI=1S/C13H25NO4S/c1-11-2-6-13(15,7-3-11)10-14-19(16,17)12-4-8-18-9-5-12/h11-12,14-15H,2-10H2,1H3. The average Bonchev–Trinajstić information content (AvgIpc) is 2.42. The van der Waals surface area contributed by atoms with E-state index in [1.54, 1.807) is 0 Å². The maximum Gasteiger partial charge on any atom is 0.214 e. The highest BCUT2D eigenvalue weighted by atomic mass is 32.2. The van der Waals surface area contributed by atoms with Crippen LogP contribution in [0.2, 0.25) is 0 Å². The van der Waals surface area contributed by atoms with Crippen LogP contribution in [0.25, 0.3) is 0 Å². The molecule has 2 aliphatic rings. The molecule has 0 radical (unpaired) electrons. The van der Waals surface area contributed by atoms with Crippen LogP contribution in [-0.2, 0) is 14.8 Å². The van der Waals surface area contributed by atoms with E-state index in [1.165, 1.54) is 0 Å². The van der Waals surface area contributed by atoms with Gasteiger partial charge < -0.3 is 9.84 Å². The fourth-order valence-electron chi connectivity index (χ4n) is 2.82. The van der Waals surface area contributed by atoms with Gasteiger partial charge in [0.05, 0.1) is 10.9 Å². The van der Waals surface area contributed by atoms with Gasteiger partial charge in [0.25, 0.3) is 0 Å². The van der Waals surface area contributed by atoms with Crippen LogP contribution in [0.15, 0.2) is 0 Å². The third-order valence-corrected chi connectivity index (χ3v) is 6.31. The minimum absolute atomic E-state index is 0.152. The average molecular weight is 291 g/mol. The Morgan fingerprint density at radius 3 is 2.37 bits per heavy atom. The molecule has 0 spiro atoms. The molecular weight excluding hydrogens is 266 g/mol. The second-order valence-corrected chi connectivity index (χ2v) is 8.13. The van der Waals surface area contributed by atoms with Crippen molar-refractivity contribution >= 4 is 10.0 Å². The summed E-state index contributed by atoms with van der Waals surface area (Å²) in [6, 6.07) is 0. The molecule has 2 fully saturated rings.